The lowest BCUT2D eigenvalue weighted by Gasteiger charge is -2.36. The summed E-state index contributed by atoms with van der Waals surface area (Å²) in [5.74, 6) is 0.683. The Bertz CT molecular complexity index is 829. The van der Waals surface area contributed by atoms with Gasteiger partial charge in [0.15, 0.2) is 0 Å². The first kappa shape index (κ1) is 17.7. The molecular weight excluding hydrogens is 340 g/mol. The average molecular weight is 364 g/mol. The van der Waals surface area contributed by atoms with Crippen LogP contribution in [0, 0.1) is 0 Å². The summed E-state index contributed by atoms with van der Waals surface area (Å²) in [6.07, 6.45) is -0.290. The van der Waals surface area contributed by atoms with E-state index < -0.39 is 5.60 Å². The molecule has 0 aromatic carbocycles. The van der Waals surface area contributed by atoms with Crippen molar-refractivity contribution in [1.82, 2.24) is 14.5 Å². The van der Waals surface area contributed by atoms with E-state index in [1.165, 1.54) is 11.3 Å². The summed E-state index contributed by atoms with van der Waals surface area (Å²) in [5, 5.41) is 1.89. The van der Waals surface area contributed by atoms with Gasteiger partial charge in [-0.2, -0.15) is 0 Å². The molecule has 1 amide bonds. The summed E-state index contributed by atoms with van der Waals surface area (Å²) < 4.78 is 7.83. The van der Waals surface area contributed by atoms with Crippen molar-refractivity contribution in [3.8, 4) is 0 Å². The first-order chi connectivity index (χ1) is 11.8. The average Bonchev–Trinajstić information content (AvgIpc) is 3.02. The van der Waals surface area contributed by atoms with E-state index in [9.17, 15) is 9.59 Å². The third-order valence-electron chi connectivity index (χ3n) is 4.08. The molecule has 0 radical (unpaired) electrons. The molecule has 0 aliphatic carbocycles. The Kier molecular flexibility index (Phi) is 4.73. The van der Waals surface area contributed by atoms with Crippen LogP contribution in [0.2, 0.25) is 0 Å². The van der Waals surface area contributed by atoms with Crippen molar-refractivity contribution in [3.63, 3.8) is 0 Å². The number of fused-ring (bicyclic) bond motifs is 1. The maximum absolute atomic E-state index is 12.6. The molecule has 2 aromatic rings. The molecule has 0 unspecified atom stereocenters. The molecule has 2 aromatic heterocycles. The number of hydrogen-bond acceptors (Lipinski definition) is 6. The number of hydrogen-bond donors (Lipinski definition) is 0. The second kappa shape index (κ2) is 6.67. The van der Waals surface area contributed by atoms with Gasteiger partial charge in [0.2, 0.25) is 5.95 Å². The normalized spacial score (nSPS) is 15.7. The fourth-order valence-corrected chi connectivity index (χ4v) is 3.65. The van der Waals surface area contributed by atoms with E-state index >= 15 is 0 Å². The highest BCUT2D eigenvalue weighted by Crippen LogP contribution is 2.21. The molecule has 0 saturated carbocycles. The van der Waals surface area contributed by atoms with Gasteiger partial charge in [0.05, 0.1) is 5.52 Å². The van der Waals surface area contributed by atoms with E-state index in [0.717, 1.165) is 5.52 Å². The lowest BCUT2D eigenvalue weighted by molar-refractivity contribution is 0.0240. The fourth-order valence-electron chi connectivity index (χ4n) is 2.87. The van der Waals surface area contributed by atoms with Crippen LogP contribution in [0.25, 0.3) is 10.2 Å². The molecular formula is C17H24N4O3S. The Labute approximate surface area is 150 Å². The molecule has 1 saturated heterocycles. The molecule has 3 heterocycles. The Morgan fingerprint density at radius 1 is 1.28 bits per heavy atom. The molecule has 136 valence electrons. The summed E-state index contributed by atoms with van der Waals surface area (Å²) >= 11 is 1.42. The molecule has 1 aliphatic rings. The van der Waals surface area contributed by atoms with Gasteiger partial charge in [-0.3, -0.25) is 9.36 Å². The lowest BCUT2D eigenvalue weighted by Crippen LogP contribution is -2.51. The summed E-state index contributed by atoms with van der Waals surface area (Å²) in [7, 11) is 0. The topological polar surface area (TPSA) is 67.7 Å². The van der Waals surface area contributed by atoms with E-state index in [0.29, 0.717) is 43.4 Å². The summed E-state index contributed by atoms with van der Waals surface area (Å²) in [6.45, 7) is 10.5. The molecule has 1 aliphatic heterocycles. The number of carbonyl (C=O) groups excluding carboxylic acids is 1. The minimum absolute atomic E-state index is 0.00655. The number of rotatable bonds is 2. The molecule has 3 rings (SSSR count). The Balaban J connectivity index is 1.78. The molecule has 1 fully saturated rings. The van der Waals surface area contributed by atoms with E-state index in [4.69, 9.17) is 4.74 Å². The number of aromatic nitrogens is 2. The number of anilines is 1. The zero-order valence-electron chi connectivity index (χ0n) is 15.1. The molecule has 7 nitrogen and oxygen atoms in total. The van der Waals surface area contributed by atoms with Crippen LogP contribution in [0.3, 0.4) is 0 Å². The first-order valence-electron chi connectivity index (χ1n) is 8.51. The highest BCUT2D eigenvalue weighted by molar-refractivity contribution is 7.17. The van der Waals surface area contributed by atoms with E-state index in [1.807, 2.05) is 39.1 Å². The highest BCUT2D eigenvalue weighted by atomic mass is 32.1. The van der Waals surface area contributed by atoms with Crippen LogP contribution in [0.15, 0.2) is 16.2 Å². The quantitative estimate of drug-likeness (QED) is 0.819. The van der Waals surface area contributed by atoms with Gasteiger partial charge in [-0.15, -0.1) is 11.3 Å². The van der Waals surface area contributed by atoms with Gasteiger partial charge in [-0.25, -0.2) is 9.78 Å². The fraction of sp³-hybridized carbons (Fsp3) is 0.588. The number of piperazine rings is 1. The van der Waals surface area contributed by atoms with Gasteiger partial charge in [0.25, 0.3) is 5.56 Å². The predicted octanol–water partition coefficient (Wildman–Crippen LogP) is 2.54. The van der Waals surface area contributed by atoms with Gasteiger partial charge in [-0.1, -0.05) is 0 Å². The second-order valence-electron chi connectivity index (χ2n) is 7.05. The van der Waals surface area contributed by atoms with Gasteiger partial charge in [0, 0.05) is 32.7 Å². The SMILES string of the molecule is CCn1c(N2CCN(C(=O)OC(C)(C)C)CC2)nc2ccsc2c1=O. The Hall–Kier alpha value is -2.09. The first-order valence-corrected chi connectivity index (χ1v) is 9.39. The number of nitrogens with zero attached hydrogens (tertiary/aromatic N) is 4. The largest absolute Gasteiger partial charge is 0.444 e. The van der Waals surface area contributed by atoms with Gasteiger partial charge in [-0.05, 0) is 39.1 Å². The summed E-state index contributed by atoms with van der Waals surface area (Å²) in [6, 6.07) is 1.88. The van der Waals surface area contributed by atoms with Crippen molar-refractivity contribution in [2.45, 2.75) is 39.8 Å². The molecule has 0 spiro atoms. The van der Waals surface area contributed by atoms with Crippen molar-refractivity contribution in [1.29, 1.82) is 0 Å². The van der Waals surface area contributed by atoms with Crippen molar-refractivity contribution in [3.05, 3.63) is 21.8 Å². The molecule has 8 heteroatoms. The van der Waals surface area contributed by atoms with Crippen LogP contribution in [-0.2, 0) is 11.3 Å². The van der Waals surface area contributed by atoms with E-state index in [2.05, 4.69) is 9.88 Å². The van der Waals surface area contributed by atoms with E-state index in [1.54, 1.807) is 9.47 Å². The van der Waals surface area contributed by atoms with Crippen LogP contribution in [-0.4, -0.2) is 52.3 Å². The Morgan fingerprint density at radius 2 is 1.96 bits per heavy atom. The molecule has 0 atom stereocenters. The number of ether oxygens (including phenoxy) is 1. The number of amides is 1. The minimum atomic E-state index is -0.498. The predicted molar refractivity (Wildman–Crippen MR) is 99.6 cm³/mol. The highest BCUT2D eigenvalue weighted by Gasteiger charge is 2.27. The molecule has 0 bridgehead atoms. The van der Waals surface area contributed by atoms with Gasteiger partial charge >= 0.3 is 6.09 Å². The van der Waals surface area contributed by atoms with Crippen molar-refractivity contribution < 1.29 is 9.53 Å². The van der Waals surface area contributed by atoms with Crippen molar-refractivity contribution >= 4 is 33.6 Å². The Morgan fingerprint density at radius 3 is 2.56 bits per heavy atom. The standard InChI is InChI=1S/C17H24N4O3S/c1-5-21-14(22)13-12(6-11-25-13)18-15(21)19-7-9-20(10-8-19)16(23)24-17(2,3)4/h6,11H,5,7-10H2,1-4H3. The van der Waals surface area contributed by atoms with Crippen LogP contribution >= 0.6 is 11.3 Å². The summed E-state index contributed by atoms with van der Waals surface area (Å²) in [4.78, 5) is 33.3. The van der Waals surface area contributed by atoms with Crippen LogP contribution < -0.4 is 10.5 Å². The maximum atomic E-state index is 12.6. The smallest absolute Gasteiger partial charge is 0.410 e. The number of thiophene rings is 1. The zero-order valence-corrected chi connectivity index (χ0v) is 15.9. The minimum Gasteiger partial charge on any atom is -0.444 e. The van der Waals surface area contributed by atoms with Crippen molar-refractivity contribution in [2.75, 3.05) is 31.1 Å². The second-order valence-corrected chi connectivity index (χ2v) is 7.97. The third-order valence-corrected chi connectivity index (χ3v) is 4.97. The van der Waals surface area contributed by atoms with Gasteiger partial charge < -0.3 is 14.5 Å². The van der Waals surface area contributed by atoms with Crippen molar-refractivity contribution in [2.24, 2.45) is 0 Å². The molecule has 25 heavy (non-hydrogen) atoms. The lowest BCUT2D eigenvalue weighted by atomic mass is 10.2. The van der Waals surface area contributed by atoms with Crippen LogP contribution in [0.1, 0.15) is 27.7 Å². The number of carbonyl (C=O) groups is 1. The van der Waals surface area contributed by atoms with Crippen LogP contribution in [0.5, 0.6) is 0 Å². The van der Waals surface area contributed by atoms with Gasteiger partial charge in [0.1, 0.15) is 10.3 Å². The van der Waals surface area contributed by atoms with E-state index in [-0.39, 0.29) is 11.7 Å². The van der Waals surface area contributed by atoms with Crippen LogP contribution in [0.4, 0.5) is 10.7 Å². The summed E-state index contributed by atoms with van der Waals surface area (Å²) in [5.41, 5.74) is 0.249. The maximum Gasteiger partial charge on any atom is 0.410 e. The third kappa shape index (κ3) is 3.63. The molecule has 0 N–H and O–H groups in total. The monoisotopic (exact) mass is 364 g/mol. The zero-order chi connectivity index (χ0) is 18.2.